The molecule has 0 radical (unpaired) electrons. The summed E-state index contributed by atoms with van der Waals surface area (Å²) in [5, 5.41) is 0. The van der Waals surface area contributed by atoms with Crippen molar-refractivity contribution < 1.29 is 25.9 Å². The van der Waals surface area contributed by atoms with Crippen molar-refractivity contribution in [1.29, 1.82) is 0 Å². The van der Waals surface area contributed by atoms with E-state index in [2.05, 4.69) is 4.18 Å². The summed E-state index contributed by atoms with van der Waals surface area (Å²) in [5.41, 5.74) is 0. The van der Waals surface area contributed by atoms with Crippen LogP contribution in [0, 0.1) is 0 Å². The van der Waals surface area contributed by atoms with E-state index in [9.17, 15) is 8.42 Å². The summed E-state index contributed by atoms with van der Waals surface area (Å²) in [6.45, 7) is 1.57. The second kappa shape index (κ2) is 5.03. The molecule has 0 spiro atoms. The highest BCUT2D eigenvalue weighted by molar-refractivity contribution is 8.16. The van der Waals surface area contributed by atoms with Crippen molar-refractivity contribution in [1.82, 2.24) is 0 Å². The largest absolute Gasteiger partial charge is 0.666 e. The zero-order valence-corrected chi connectivity index (χ0v) is 9.88. The van der Waals surface area contributed by atoms with Crippen LogP contribution in [0.25, 0.3) is 0 Å². The number of rotatable bonds is 6. The molecule has 0 fully saturated rings. The SMILES string of the molecule is CCOS(=O)(=O)[Si](OC)(OC)OC. The molecule has 0 bridgehead atoms. The predicted octanol–water partition coefficient (Wildman–Crippen LogP) is -0.272. The van der Waals surface area contributed by atoms with E-state index in [1.807, 2.05) is 0 Å². The van der Waals surface area contributed by atoms with Crippen LogP contribution < -0.4 is 0 Å². The first-order valence-corrected chi connectivity index (χ1v) is 7.39. The van der Waals surface area contributed by atoms with Gasteiger partial charge in [-0.05, 0) is 6.92 Å². The van der Waals surface area contributed by atoms with Gasteiger partial charge in [-0.1, -0.05) is 0 Å². The van der Waals surface area contributed by atoms with Crippen LogP contribution in [0.5, 0.6) is 0 Å². The van der Waals surface area contributed by atoms with Gasteiger partial charge in [-0.2, -0.15) is 8.42 Å². The summed E-state index contributed by atoms with van der Waals surface area (Å²) < 4.78 is 41.6. The van der Waals surface area contributed by atoms with Crippen LogP contribution in [0.4, 0.5) is 0 Å². The molecule has 0 aliphatic rings. The van der Waals surface area contributed by atoms with Crippen LogP contribution in [-0.2, 0) is 27.0 Å². The quantitative estimate of drug-likeness (QED) is 0.585. The Hall–Kier alpha value is 0.00688. The second-order valence-electron chi connectivity index (χ2n) is 1.97. The first kappa shape index (κ1) is 13.0. The molecule has 0 atom stereocenters. The highest BCUT2D eigenvalue weighted by atomic mass is 32.4. The van der Waals surface area contributed by atoms with Crippen LogP contribution in [0.2, 0.25) is 0 Å². The Labute approximate surface area is 78.9 Å². The summed E-state index contributed by atoms with van der Waals surface area (Å²) in [5.74, 6) is 0. The van der Waals surface area contributed by atoms with Crippen molar-refractivity contribution >= 4 is 17.5 Å². The molecule has 0 aliphatic carbocycles. The smallest absolute Gasteiger partial charge is 0.364 e. The molecule has 0 aliphatic heterocycles. The van der Waals surface area contributed by atoms with Crippen molar-refractivity contribution in [2.75, 3.05) is 27.9 Å². The molecule has 80 valence electrons. The van der Waals surface area contributed by atoms with Gasteiger partial charge in [0.15, 0.2) is 0 Å². The molecular weight excluding hydrogens is 216 g/mol. The molecule has 0 rings (SSSR count). The molecule has 8 heteroatoms. The van der Waals surface area contributed by atoms with E-state index in [4.69, 9.17) is 13.3 Å². The lowest BCUT2D eigenvalue weighted by Gasteiger charge is -2.22. The van der Waals surface area contributed by atoms with Gasteiger partial charge in [-0.3, -0.25) is 4.18 Å². The third-order valence-electron chi connectivity index (χ3n) is 1.33. The van der Waals surface area contributed by atoms with Crippen molar-refractivity contribution in [2.24, 2.45) is 0 Å². The highest BCUT2D eigenvalue weighted by Gasteiger charge is 2.56. The molecular formula is C5H14O6SSi. The highest BCUT2D eigenvalue weighted by Crippen LogP contribution is 2.16. The van der Waals surface area contributed by atoms with Crippen LogP contribution in [0.15, 0.2) is 0 Å². The van der Waals surface area contributed by atoms with Crippen molar-refractivity contribution in [2.45, 2.75) is 6.92 Å². The molecule has 0 N–H and O–H groups in total. The van der Waals surface area contributed by atoms with E-state index in [0.717, 1.165) is 0 Å². The third-order valence-corrected chi connectivity index (χ3v) is 7.68. The van der Waals surface area contributed by atoms with Crippen LogP contribution in [0.3, 0.4) is 0 Å². The molecule has 0 saturated heterocycles. The Morgan fingerprint density at radius 1 is 1.08 bits per heavy atom. The Morgan fingerprint density at radius 3 is 1.69 bits per heavy atom. The van der Waals surface area contributed by atoms with Gasteiger partial charge in [-0.25, -0.2) is 0 Å². The van der Waals surface area contributed by atoms with E-state index in [0.29, 0.717) is 0 Å². The molecule has 0 amide bonds. The van der Waals surface area contributed by atoms with E-state index >= 15 is 0 Å². The maximum absolute atomic E-state index is 11.4. The average Bonchev–Trinajstić information content (AvgIpc) is 2.07. The van der Waals surface area contributed by atoms with Gasteiger partial charge in [0.2, 0.25) is 0 Å². The Morgan fingerprint density at radius 2 is 1.46 bits per heavy atom. The molecule has 0 aromatic heterocycles. The van der Waals surface area contributed by atoms with Crippen LogP contribution in [0.1, 0.15) is 6.92 Å². The fraction of sp³-hybridized carbons (Fsp3) is 1.00. The fourth-order valence-corrected chi connectivity index (χ4v) is 4.97. The molecule has 0 aromatic rings. The molecule has 0 heterocycles. The average molecular weight is 230 g/mol. The van der Waals surface area contributed by atoms with E-state index in [-0.39, 0.29) is 6.61 Å². The lowest BCUT2D eigenvalue weighted by molar-refractivity contribution is 0.141. The van der Waals surface area contributed by atoms with Gasteiger partial charge in [0, 0.05) is 21.3 Å². The third kappa shape index (κ3) is 2.48. The Kier molecular flexibility index (Phi) is 5.03. The number of hydrogen-bond acceptors (Lipinski definition) is 6. The topological polar surface area (TPSA) is 71.1 Å². The monoisotopic (exact) mass is 230 g/mol. The first-order chi connectivity index (χ1) is 5.99. The van der Waals surface area contributed by atoms with Crippen LogP contribution in [-0.4, -0.2) is 44.3 Å². The van der Waals surface area contributed by atoms with Gasteiger partial charge >= 0.3 is 17.5 Å². The lowest BCUT2D eigenvalue weighted by atomic mass is 10.9. The number of hydrogen-bond donors (Lipinski definition) is 0. The normalized spacial score (nSPS) is 13.2. The molecule has 13 heavy (non-hydrogen) atoms. The van der Waals surface area contributed by atoms with Crippen molar-refractivity contribution in [3.8, 4) is 0 Å². The predicted molar refractivity (Wildman–Crippen MR) is 47.3 cm³/mol. The van der Waals surface area contributed by atoms with E-state index in [1.165, 1.54) is 21.3 Å². The molecule has 6 nitrogen and oxygen atoms in total. The summed E-state index contributed by atoms with van der Waals surface area (Å²) in [7, 11) is -4.02. The minimum atomic E-state index is -3.91. The molecule has 0 saturated carbocycles. The molecule has 0 unspecified atom stereocenters. The summed E-state index contributed by atoms with van der Waals surface area (Å²) >= 11 is 0. The van der Waals surface area contributed by atoms with Crippen molar-refractivity contribution in [3.63, 3.8) is 0 Å². The van der Waals surface area contributed by atoms with Gasteiger partial charge in [-0.15, -0.1) is 0 Å². The van der Waals surface area contributed by atoms with Gasteiger partial charge in [0.05, 0.1) is 6.61 Å². The minimum absolute atomic E-state index is 0.0210. The van der Waals surface area contributed by atoms with Gasteiger partial charge in [0.1, 0.15) is 0 Å². The second-order valence-corrected chi connectivity index (χ2v) is 8.34. The maximum Gasteiger partial charge on any atom is 0.666 e. The van der Waals surface area contributed by atoms with Gasteiger partial charge in [0.25, 0.3) is 0 Å². The first-order valence-electron chi connectivity index (χ1n) is 3.54. The lowest BCUT2D eigenvalue weighted by Crippen LogP contribution is -2.52. The summed E-state index contributed by atoms with van der Waals surface area (Å²) in [6, 6.07) is 0. The standard InChI is InChI=1S/C5H14O6SSi/c1-5-11-12(6,7)13(8-2,9-3)10-4/h5H2,1-4H3. The van der Waals surface area contributed by atoms with Crippen LogP contribution >= 0.6 is 0 Å². The zero-order chi connectivity index (χ0) is 10.5. The van der Waals surface area contributed by atoms with E-state index < -0.39 is 17.5 Å². The molecule has 0 aromatic carbocycles. The van der Waals surface area contributed by atoms with Crippen molar-refractivity contribution in [3.05, 3.63) is 0 Å². The maximum atomic E-state index is 11.4. The Balaban J connectivity index is 4.93. The Bertz CT molecular complexity index is 225. The summed E-state index contributed by atoms with van der Waals surface area (Å²) in [6.07, 6.45) is 0. The zero-order valence-electron chi connectivity index (χ0n) is 8.06. The minimum Gasteiger partial charge on any atom is -0.364 e. The van der Waals surface area contributed by atoms with Gasteiger partial charge < -0.3 is 13.3 Å². The van der Waals surface area contributed by atoms with E-state index in [1.54, 1.807) is 6.92 Å². The fourth-order valence-electron chi connectivity index (χ4n) is 0.784. The summed E-state index contributed by atoms with van der Waals surface area (Å²) in [4.78, 5) is 0.